The number of anilines is 1. The molecule has 1 N–H and O–H groups in total. The van der Waals surface area contributed by atoms with Crippen LogP contribution in [0.3, 0.4) is 0 Å². The van der Waals surface area contributed by atoms with E-state index in [0.717, 1.165) is 5.56 Å². The predicted molar refractivity (Wildman–Crippen MR) is 91.3 cm³/mol. The molecule has 8 heteroatoms. The predicted octanol–water partition coefficient (Wildman–Crippen LogP) is 2.52. The largest absolute Gasteiger partial charge is 0.497 e. The van der Waals surface area contributed by atoms with Gasteiger partial charge in [-0.05, 0) is 46.7 Å². The zero-order chi connectivity index (χ0) is 17.9. The van der Waals surface area contributed by atoms with Crippen molar-refractivity contribution >= 4 is 11.7 Å². The first-order chi connectivity index (χ1) is 12.7. The quantitative estimate of drug-likeness (QED) is 0.770. The van der Waals surface area contributed by atoms with Gasteiger partial charge in [-0.1, -0.05) is 12.1 Å². The summed E-state index contributed by atoms with van der Waals surface area (Å²) in [4.78, 5) is 12.5. The first kappa shape index (κ1) is 15.9. The van der Waals surface area contributed by atoms with Gasteiger partial charge in [0, 0.05) is 5.56 Å². The minimum absolute atomic E-state index is 0.103. The summed E-state index contributed by atoms with van der Waals surface area (Å²) in [7, 11) is 1.59. The lowest BCUT2D eigenvalue weighted by molar-refractivity contribution is -0.125. The molecule has 1 aromatic heterocycles. The second-order valence-corrected chi connectivity index (χ2v) is 5.54. The van der Waals surface area contributed by atoms with Crippen molar-refractivity contribution in [3.8, 4) is 28.5 Å². The van der Waals surface area contributed by atoms with Crippen molar-refractivity contribution in [2.75, 3.05) is 19.0 Å². The molecule has 2 heterocycles. The third kappa shape index (κ3) is 3.04. The lowest BCUT2D eigenvalue weighted by atomic mass is 10.1. The molecule has 0 spiro atoms. The van der Waals surface area contributed by atoms with Crippen LogP contribution in [0, 0.1) is 0 Å². The maximum Gasteiger partial charge on any atom is 0.270 e. The minimum atomic E-state index is -0.801. The molecule has 0 bridgehead atoms. The Hall–Kier alpha value is -3.55. The Morgan fingerprint density at radius 2 is 1.88 bits per heavy atom. The van der Waals surface area contributed by atoms with Gasteiger partial charge in [0.15, 0.2) is 17.2 Å². The fraction of sp³-hybridized carbons (Fsp3) is 0.167. The second-order valence-electron chi connectivity index (χ2n) is 5.54. The third-order valence-electron chi connectivity index (χ3n) is 3.89. The van der Waals surface area contributed by atoms with E-state index in [1.165, 1.54) is 0 Å². The molecular formula is C18H15N3O5. The Labute approximate surface area is 148 Å². The number of nitrogens with zero attached hydrogens (tertiary/aromatic N) is 2. The average Bonchev–Trinajstić information content (AvgIpc) is 3.15. The number of hydrogen-bond acceptors (Lipinski definition) is 7. The summed E-state index contributed by atoms with van der Waals surface area (Å²) in [6.45, 7) is 0.103. The molecule has 1 aliphatic heterocycles. The highest BCUT2D eigenvalue weighted by molar-refractivity contribution is 5.96. The van der Waals surface area contributed by atoms with Crippen LogP contribution in [-0.2, 0) is 4.79 Å². The summed E-state index contributed by atoms with van der Waals surface area (Å²) in [6, 6.07) is 14.3. The smallest absolute Gasteiger partial charge is 0.270 e. The number of hydrogen-bond donors (Lipinski definition) is 1. The van der Waals surface area contributed by atoms with Crippen LogP contribution in [0.2, 0.25) is 0 Å². The third-order valence-corrected chi connectivity index (χ3v) is 3.89. The van der Waals surface area contributed by atoms with E-state index in [9.17, 15) is 4.79 Å². The van der Waals surface area contributed by atoms with E-state index in [1.807, 2.05) is 12.1 Å². The molecule has 0 aliphatic carbocycles. The van der Waals surface area contributed by atoms with Crippen molar-refractivity contribution in [1.29, 1.82) is 0 Å². The van der Waals surface area contributed by atoms with Gasteiger partial charge < -0.3 is 19.5 Å². The molecule has 132 valence electrons. The average molecular weight is 353 g/mol. The van der Waals surface area contributed by atoms with Crippen molar-refractivity contribution in [3.63, 3.8) is 0 Å². The van der Waals surface area contributed by atoms with Crippen molar-refractivity contribution in [2.45, 2.75) is 6.10 Å². The van der Waals surface area contributed by atoms with Crippen LogP contribution in [0.15, 0.2) is 53.2 Å². The highest BCUT2D eigenvalue weighted by atomic mass is 16.6. The molecule has 8 nitrogen and oxygen atoms in total. The van der Waals surface area contributed by atoms with E-state index in [2.05, 4.69) is 15.6 Å². The summed E-state index contributed by atoms with van der Waals surface area (Å²) in [5, 5.41) is 10.3. The maximum absolute atomic E-state index is 12.5. The van der Waals surface area contributed by atoms with Crippen molar-refractivity contribution < 1.29 is 23.6 Å². The van der Waals surface area contributed by atoms with Crippen molar-refractivity contribution in [1.82, 2.24) is 10.3 Å². The molecule has 0 saturated carbocycles. The van der Waals surface area contributed by atoms with Crippen molar-refractivity contribution in [3.05, 3.63) is 48.5 Å². The summed E-state index contributed by atoms with van der Waals surface area (Å²) in [6.07, 6.45) is -0.801. The Morgan fingerprint density at radius 3 is 2.65 bits per heavy atom. The van der Waals surface area contributed by atoms with E-state index in [4.69, 9.17) is 18.8 Å². The van der Waals surface area contributed by atoms with E-state index in [1.54, 1.807) is 43.5 Å². The number of methoxy groups -OCH3 is 1. The summed E-state index contributed by atoms with van der Waals surface area (Å²) in [5.41, 5.74) is 1.15. The number of benzene rings is 2. The van der Waals surface area contributed by atoms with Crippen LogP contribution >= 0.6 is 0 Å². The van der Waals surface area contributed by atoms with Gasteiger partial charge in [-0.2, -0.15) is 0 Å². The zero-order valence-corrected chi connectivity index (χ0v) is 13.8. The number of para-hydroxylation sites is 2. The first-order valence-electron chi connectivity index (χ1n) is 7.91. The highest BCUT2D eigenvalue weighted by Crippen LogP contribution is 2.31. The van der Waals surface area contributed by atoms with Gasteiger partial charge in [0.25, 0.3) is 5.91 Å². The van der Waals surface area contributed by atoms with Crippen LogP contribution in [0.1, 0.15) is 0 Å². The number of amides is 1. The van der Waals surface area contributed by atoms with E-state index >= 15 is 0 Å². The second kappa shape index (κ2) is 6.75. The van der Waals surface area contributed by atoms with Crippen LogP contribution in [0.5, 0.6) is 17.2 Å². The Kier molecular flexibility index (Phi) is 4.14. The SMILES string of the molecule is COc1ccc(-c2nonc2NC(=O)[C@@H]2COc3ccccc3O2)cc1. The standard InChI is InChI=1S/C18H15N3O5/c1-23-12-8-6-11(7-9-12)16-17(21-26-20-16)19-18(22)15-10-24-13-4-2-3-5-14(13)25-15/h2-9,15H,10H2,1H3,(H,19,21,22)/t15-/m0/s1. The van der Waals surface area contributed by atoms with E-state index in [-0.39, 0.29) is 12.4 Å². The highest BCUT2D eigenvalue weighted by Gasteiger charge is 2.29. The molecule has 3 aromatic rings. The fourth-order valence-corrected chi connectivity index (χ4v) is 2.55. The molecule has 0 fully saturated rings. The van der Waals surface area contributed by atoms with Crippen molar-refractivity contribution in [2.24, 2.45) is 0 Å². The molecule has 0 radical (unpaired) electrons. The van der Waals surface area contributed by atoms with Gasteiger partial charge in [0.05, 0.1) is 7.11 Å². The minimum Gasteiger partial charge on any atom is -0.497 e. The molecule has 4 rings (SSSR count). The lowest BCUT2D eigenvalue weighted by Crippen LogP contribution is -2.40. The molecule has 0 unspecified atom stereocenters. The van der Waals surface area contributed by atoms with Gasteiger partial charge in [0.1, 0.15) is 12.4 Å². The molecule has 1 aliphatic rings. The fourth-order valence-electron chi connectivity index (χ4n) is 2.55. The van der Waals surface area contributed by atoms with Gasteiger partial charge in [-0.15, -0.1) is 0 Å². The lowest BCUT2D eigenvalue weighted by Gasteiger charge is -2.25. The van der Waals surface area contributed by atoms with Crippen LogP contribution in [0.25, 0.3) is 11.3 Å². The molecule has 26 heavy (non-hydrogen) atoms. The van der Waals surface area contributed by atoms with Gasteiger partial charge in [-0.25, -0.2) is 4.63 Å². The van der Waals surface area contributed by atoms with Crippen LogP contribution in [-0.4, -0.2) is 36.0 Å². The summed E-state index contributed by atoms with van der Waals surface area (Å²) in [5.74, 6) is 1.65. The monoisotopic (exact) mass is 353 g/mol. The maximum atomic E-state index is 12.5. The van der Waals surface area contributed by atoms with Gasteiger partial charge in [0.2, 0.25) is 11.9 Å². The van der Waals surface area contributed by atoms with E-state index in [0.29, 0.717) is 22.9 Å². The number of carbonyl (C=O) groups excluding carboxylic acids is 1. The van der Waals surface area contributed by atoms with Gasteiger partial charge >= 0.3 is 0 Å². The number of fused-ring (bicyclic) bond motifs is 1. The Morgan fingerprint density at radius 1 is 1.12 bits per heavy atom. The molecule has 1 atom stereocenters. The van der Waals surface area contributed by atoms with Crippen LogP contribution in [0.4, 0.5) is 5.82 Å². The first-order valence-corrected chi connectivity index (χ1v) is 7.91. The Balaban J connectivity index is 1.50. The number of nitrogens with one attached hydrogen (secondary N) is 1. The molecular weight excluding hydrogens is 338 g/mol. The molecule has 0 saturated heterocycles. The zero-order valence-electron chi connectivity index (χ0n) is 13.8. The van der Waals surface area contributed by atoms with E-state index < -0.39 is 12.0 Å². The molecule has 1 amide bonds. The van der Waals surface area contributed by atoms with Crippen LogP contribution < -0.4 is 19.5 Å². The normalized spacial score (nSPS) is 15.3. The number of aromatic nitrogens is 2. The number of carbonyl (C=O) groups is 1. The number of rotatable bonds is 4. The topological polar surface area (TPSA) is 95.7 Å². The van der Waals surface area contributed by atoms with Gasteiger partial charge in [-0.3, -0.25) is 4.79 Å². The Bertz CT molecular complexity index is 923. The molecule has 2 aromatic carbocycles. The number of ether oxygens (including phenoxy) is 3. The summed E-state index contributed by atoms with van der Waals surface area (Å²) < 4.78 is 21.2. The summed E-state index contributed by atoms with van der Waals surface area (Å²) >= 11 is 0.